The highest BCUT2D eigenvalue weighted by atomic mass is 16.6. The number of hydrogen-bond acceptors (Lipinski definition) is 3. The first-order valence-electron chi connectivity index (χ1n) is 8.53. The Morgan fingerprint density at radius 2 is 1.50 bits per heavy atom. The highest BCUT2D eigenvalue weighted by Crippen LogP contribution is 2.18. The van der Waals surface area contributed by atoms with Gasteiger partial charge in [0.15, 0.2) is 0 Å². The van der Waals surface area contributed by atoms with Gasteiger partial charge in [0.25, 0.3) is 5.91 Å². The molecule has 2 aromatic rings. The van der Waals surface area contributed by atoms with Gasteiger partial charge in [0.1, 0.15) is 5.60 Å². The van der Waals surface area contributed by atoms with Crippen LogP contribution in [0.4, 0.5) is 10.5 Å². The molecule has 138 valence electrons. The number of hydrogen-bond donors (Lipinski definition) is 0. The molecule has 0 aliphatic carbocycles. The van der Waals surface area contributed by atoms with E-state index in [4.69, 9.17) is 4.74 Å². The minimum absolute atomic E-state index is 0.0691. The molecule has 2 aromatic carbocycles. The quantitative estimate of drug-likeness (QED) is 0.821. The van der Waals surface area contributed by atoms with Crippen molar-refractivity contribution in [3.63, 3.8) is 0 Å². The van der Waals surface area contributed by atoms with Crippen LogP contribution < -0.4 is 4.90 Å². The average molecular weight is 354 g/mol. The summed E-state index contributed by atoms with van der Waals surface area (Å²) in [6.45, 7) is 6.01. The van der Waals surface area contributed by atoms with Crippen LogP contribution in [0.3, 0.4) is 0 Å². The van der Waals surface area contributed by atoms with Crippen LogP contribution in [0.2, 0.25) is 0 Å². The van der Waals surface area contributed by atoms with Gasteiger partial charge in [0.2, 0.25) is 0 Å². The molecular weight excluding hydrogens is 328 g/mol. The van der Waals surface area contributed by atoms with Gasteiger partial charge in [-0.1, -0.05) is 30.3 Å². The molecular formula is C21H26N2O3. The number of rotatable bonds is 4. The lowest BCUT2D eigenvalue weighted by molar-refractivity contribution is 0.0589. The van der Waals surface area contributed by atoms with Gasteiger partial charge in [-0.3, -0.25) is 9.69 Å². The van der Waals surface area contributed by atoms with E-state index in [9.17, 15) is 9.59 Å². The monoisotopic (exact) mass is 354 g/mol. The van der Waals surface area contributed by atoms with E-state index in [0.717, 1.165) is 5.56 Å². The van der Waals surface area contributed by atoms with Crippen molar-refractivity contribution in [2.24, 2.45) is 0 Å². The second kappa shape index (κ2) is 8.04. The number of ether oxygens (including phenoxy) is 1. The second-order valence-electron chi connectivity index (χ2n) is 7.23. The van der Waals surface area contributed by atoms with E-state index < -0.39 is 11.7 Å². The molecule has 5 heteroatoms. The van der Waals surface area contributed by atoms with Crippen molar-refractivity contribution in [1.29, 1.82) is 0 Å². The molecule has 2 amide bonds. The fourth-order valence-electron chi connectivity index (χ4n) is 2.41. The van der Waals surface area contributed by atoms with Gasteiger partial charge in [-0.25, -0.2) is 4.79 Å². The Morgan fingerprint density at radius 1 is 0.923 bits per heavy atom. The van der Waals surface area contributed by atoms with Gasteiger partial charge in [0.05, 0.1) is 0 Å². The number of anilines is 1. The number of carbonyl (C=O) groups is 2. The summed E-state index contributed by atoms with van der Waals surface area (Å²) in [7, 11) is 3.42. The van der Waals surface area contributed by atoms with Crippen LogP contribution >= 0.6 is 0 Å². The molecule has 0 fully saturated rings. The number of benzene rings is 2. The lowest BCUT2D eigenvalue weighted by atomic mass is 10.1. The summed E-state index contributed by atoms with van der Waals surface area (Å²) in [6.07, 6.45) is -0.433. The molecule has 0 heterocycles. The van der Waals surface area contributed by atoms with E-state index in [1.807, 2.05) is 51.1 Å². The van der Waals surface area contributed by atoms with Crippen LogP contribution in [-0.2, 0) is 11.3 Å². The third-order valence-corrected chi connectivity index (χ3v) is 3.78. The third kappa shape index (κ3) is 5.34. The van der Waals surface area contributed by atoms with Gasteiger partial charge in [-0.05, 0) is 50.6 Å². The van der Waals surface area contributed by atoms with E-state index in [-0.39, 0.29) is 5.91 Å². The smallest absolute Gasteiger partial charge is 0.414 e. The van der Waals surface area contributed by atoms with Crippen LogP contribution in [0.15, 0.2) is 54.6 Å². The largest absolute Gasteiger partial charge is 0.443 e. The maximum absolute atomic E-state index is 12.6. The van der Waals surface area contributed by atoms with E-state index in [1.165, 1.54) is 4.90 Å². The van der Waals surface area contributed by atoms with Gasteiger partial charge < -0.3 is 9.64 Å². The van der Waals surface area contributed by atoms with Gasteiger partial charge in [-0.2, -0.15) is 0 Å². The first kappa shape index (κ1) is 19.5. The molecule has 2 rings (SSSR count). The van der Waals surface area contributed by atoms with Crippen LogP contribution in [0.1, 0.15) is 36.7 Å². The summed E-state index contributed by atoms with van der Waals surface area (Å²) < 4.78 is 5.35. The van der Waals surface area contributed by atoms with Crippen molar-refractivity contribution < 1.29 is 14.3 Å². The zero-order valence-corrected chi connectivity index (χ0v) is 16.0. The predicted molar refractivity (Wildman–Crippen MR) is 103 cm³/mol. The van der Waals surface area contributed by atoms with Crippen molar-refractivity contribution >= 4 is 17.7 Å². The molecule has 0 saturated carbocycles. The summed E-state index contributed by atoms with van der Waals surface area (Å²) in [5.41, 5.74) is 1.76. The average Bonchev–Trinajstić information content (AvgIpc) is 2.60. The first-order chi connectivity index (χ1) is 12.2. The maximum Gasteiger partial charge on any atom is 0.414 e. The summed E-state index contributed by atoms with van der Waals surface area (Å²) in [6, 6.07) is 16.8. The first-order valence-corrected chi connectivity index (χ1v) is 8.53. The molecule has 0 radical (unpaired) electrons. The highest BCUT2D eigenvalue weighted by Gasteiger charge is 2.21. The molecule has 26 heavy (non-hydrogen) atoms. The minimum atomic E-state index is -0.554. The zero-order valence-electron chi connectivity index (χ0n) is 16.0. The lowest BCUT2D eigenvalue weighted by Gasteiger charge is -2.25. The van der Waals surface area contributed by atoms with Crippen molar-refractivity contribution in [2.75, 3.05) is 19.0 Å². The fraction of sp³-hybridized carbons (Fsp3) is 0.333. The lowest BCUT2D eigenvalue weighted by Crippen LogP contribution is -2.34. The number of amides is 2. The Kier molecular flexibility index (Phi) is 6.03. The van der Waals surface area contributed by atoms with Gasteiger partial charge in [0, 0.05) is 31.9 Å². The maximum atomic E-state index is 12.6. The molecule has 0 aliphatic heterocycles. The molecule has 5 nitrogen and oxygen atoms in total. The molecule has 0 N–H and O–H groups in total. The van der Waals surface area contributed by atoms with E-state index >= 15 is 0 Å². The summed E-state index contributed by atoms with van der Waals surface area (Å²) in [4.78, 5) is 27.8. The molecule has 0 bridgehead atoms. The summed E-state index contributed by atoms with van der Waals surface area (Å²) >= 11 is 0. The molecule has 0 atom stereocenters. The predicted octanol–water partition coefficient (Wildman–Crippen LogP) is 4.33. The fourth-order valence-corrected chi connectivity index (χ4v) is 2.41. The van der Waals surface area contributed by atoms with Crippen LogP contribution in [0.25, 0.3) is 0 Å². The molecule has 0 aliphatic rings. The zero-order chi connectivity index (χ0) is 19.3. The Bertz CT molecular complexity index is 749. The molecule has 0 unspecified atom stereocenters. The molecule has 0 spiro atoms. The number of carbonyl (C=O) groups excluding carboxylic acids is 2. The SMILES string of the molecule is CN(Cc1ccccc1)C(=O)c1ccc(N(C)C(=O)OC(C)(C)C)cc1. The van der Waals surface area contributed by atoms with Crippen LogP contribution in [0, 0.1) is 0 Å². The minimum Gasteiger partial charge on any atom is -0.443 e. The third-order valence-electron chi connectivity index (χ3n) is 3.78. The standard InChI is InChI=1S/C21H26N2O3/c1-21(2,3)26-20(25)23(5)18-13-11-17(12-14-18)19(24)22(4)15-16-9-7-6-8-10-16/h6-14H,15H2,1-5H3. The van der Waals surface area contributed by atoms with Crippen molar-refractivity contribution in [3.8, 4) is 0 Å². The van der Waals surface area contributed by atoms with E-state index in [0.29, 0.717) is 17.8 Å². The van der Waals surface area contributed by atoms with Gasteiger partial charge in [-0.15, -0.1) is 0 Å². The van der Waals surface area contributed by atoms with Crippen molar-refractivity contribution in [1.82, 2.24) is 4.90 Å². The van der Waals surface area contributed by atoms with Crippen molar-refractivity contribution in [3.05, 3.63) is 65.7 Å². The summed E-state index contributed by atoms with van der Waals surface area (Å²) in [5.74, 6) is -0.0691. The Morgan fingerprint density at radius 3 is 2.04 bits per heavy atom. The Labute approximate surface area is 155 Å². The van der Waals surface area contributed by atoms with Gasteiger partial charge >= 0.3 is 6.09 Å². The molecule has 0 saturated heterocycles. The topological polar surface area (TPSA) is 49.9 Å². The van der Waals surface area contributed by atoms with E-state index in [1.54, 1.807) is 43.3 Å². The van der Waals surface area contributed by atoms with E-state index in [2.05, 4.69) is 0 Å². The normalized spacial score (nSPS) is 11.0. The molecule has 0 aromatic heterocycles. The highest BCUT2D eigenvalue weighted by molar-refractivity contribution is 5.95. The number of nitrogens with zero attached hydrogens (tertiary/aromatic N) is 2. The summed E-state index contributed by atoms with van der Waals surface area (Å²) in [5, 5.41) is 0. The Balaban J connectivity index is 2.04. The van der Waals surface area contributed by atoms with Crippen molar-refractivity contribution in [2.45, 2.75) is 32.9 Å². The second-order valence-corrected chi connectivity index (χ2v) is 7.23. The Hall–Kier alpha value is -2.82. The van der Waals surface area contributed by atoms with Crippen LogP contribution in [-0.4, -0.2) is 36.6 Å². The van der Waals surface area contributed by atoms with Crippen LogP contribution in [0.5, 0.6) is 0 Å².